The summed E-state index contributed by atoms with van der Waals surface area (Å²) in [5.41, 5.74) is -2.58. The molecule has 26 heavy (non-hydrogen) atoms. The van der Waals surface area contributed by atoms with E-state index >= 15 is 0 Å². The van der Waals surface area contributed by atoms with Crippen molar-refractivity contribution in [2.45, 2.75) is 89.6 Å². The molecule has 0 amide bonds. The fourth-order valence-corrected chi connectivity index (χ4v) is 2.67. The van der Waals surface area contributed by atoms with Gasteiger partial charge >= 0.3 is 23.9 Å². The lowest BCUT2D eigenvalue weighted by atomic mass is 9.95. The van der Waals surface area contributed by atoms with Crippen LogP contribution in [0.2, 0.25) is 0 Å². The minimum atomic E-state index is -2.58. The molecule has 0 fully saturated rings. The molecule has 0 aliphatic heterocycles. The number of hydrogen-bond donors (Lipinski definition) is 3. The van der Waals surface area contributed by atoms with E-state index in [9.17, 15) is 24.3 Å². The molecule has 0 bridgehead atoms. The standard InChI is InChI=1S/C18H30O8/c1-2-3-4-5-6-7-8-9-10-11-16(23)26-18(17(24)25,12-14(19)20)13-15(21)22/h2-13H2,1H3,(H,19,20)(H,21,22)(H,24,25). The Morgan fingerprint density at radius 2 is 1.15 bits per heavy atom. The van der Waals surface area contributed by atoms with Gasteiger partial charge in [-0.3, -0.25) is 14.4 Å². The van der Waals surface area contributed by atoms with Gasteiger partial charge in [0.1, 0.15) is 0 Å². The molecule has 0 heterocycles. The zero-order chi connectivity index (χ0) is 20.0. The van der Waals surface area contributed by atoms with E-state index in [0.29, 0.717) is 6.42 Å². The van der Waals surface area contributed by atoms with Crippen molar-refractivity contribution >= 4 is 23.9 Å². The van der Waals surface area contributed by atoms with Crippen LogP contribution >= 0.6 is 0 Å². The van der Waals surface area contributed by atoms with Crippen molar-refractivity contribution in [3.8, 4) is 0 Å². The van der Waals surface area contributed by atoms with Crippen LogP contribution in [0.4, 0.5) is 0 Å². The molecule has 8 heteroatoms. The first-order valence-corrected chi connectivity index (χ1v) is 9.12. The van der Waals surface area contributed by atoms with Gasteiger partial charge in [-0.2, -0.15) is 0 Å². The number of carbonyl (C=O) groups is 4. The monoisotopic (exact) mass is 374 g/mol. The van der Waals surface area contributed by atoms with E-state index in [-0.39, 0.29) is 6.42 Å². The van der Waals surface area contributed by atoms with E-state index in [1.165, 1.54) is 25.7 Å². The summed E-state index contributed by atoms with van der Waals surface area (Å²) in [6.07, 6.45) is 7.03. The third-order valence-electron chi connectivity index (χ3n) is 4.06. The maximum Gasteiger partial charge on any atom is 0.349 e. The highest BCUT2D eigenvalue weighted by atomic mass is 16.6. The third-order valence-corrected chi connectivity index (χ3v) is 4.06. The molecule has 0 unspecified atom stereocenters. The van der Waals surface area contributed by atoms with E-state index < -0.39 is 42.3 Å². The van der Waals surface area contributed by atoms with Gasteiger partial charge in [-0.1, -0.05) is 58.3 Å². The summed E-state index contributed by atoms with van der Waals surface area (Å²) in [4.78, 5) is 44.9. The summed E-state index contributed by atoms with van der Waals surface area (Å²) in [5, 5.41) is 26.9. The molecule has 0 aromatic rings. The number of carbonyl (C=O) groups excluding carboxylic acids is 1. The van der Waals surface area contributed by atoms with Crippen LogP contribution in [0.5, 0.6) is 0 Å². The Kier molecular flexibility index (Phi) is 12.1. The van der Waals surface area contributed by atoms with Crippen LogP contribution in [0, 0.1) is 0 Å². The number of carboxylic acids is 3. The Morgan fingerprint density at radius 3 is 1.54 bits per heavy atom. The first kappa shape index (κ1) is 23.9. The van der Waals surface area contributed by atoms with Gasteiger partial charge in [-0.15, -0.1) is 0 Å². The maximum absolute atomic E-state index is 11.9. The number of hydrogen-bond acceptors (Lipinski definition) is 5. The predicted octanol–water partition coefficient (Wildman–Crippen LogP) is 3.22. The summed E-state index contributed by atoms with van der Waals surface area (Å²) in [6.45, 7) is 2.16. The van der Waals surface area contributed by atoms with Crippen molar-refractivity contribution in [1.29, 1.82) is 0 Å². The average Bonchev–Trinajstić information content (AvgIpc) is 2.51. The van der Waals surface area contributed by atoms with E-state index in [1.54, 1.807) is 0 Å². The van der Waals surface area contributed by atoms with Gasteiger partial charge in [0.25, 0.3) is 0 Å². The summed E-state index contributed by atoms with van der Waals surface area (Å²) in [5.74, 6) is -5.77. The number of unbranched alkanes of at least 4 members (excludes halogenated alkanes) is 8. The van der Waals surface area contributed by atoms with Crippen LogP contribution in [-0.4, -0.2) is 44.8 Å². The van der Waals surface area contributed by atoms with E-state index in [0.717, 1.165) is 25.7 Å². The quantitative estimate of drug-likeness (QED) is 0.276. The zero-order valence-electron chi connectivity index (χ0n) is 15.4. The van der Waals surface area contributed by atoms with Gasteiger partial charge in [-0.05, 0) is 6.42 Å². The topological polar surface area (TPSA) is 138 Å². The van der Waals surface area contributed by atoms with E-state index in [4.69, 9.17) is 14.9 Å². The average molecular weight is 374 g/mol. The van der Waals surface area contributed by atoms with Crippen molar-refractivity contribution in [3.63, 3.8) is 0 Å². The molecular formula is C18H30O8. The molecule has 0 aliphatic carbocycles. The van der Waals surface area contributed by atoms with Crippen LogP contribution in [0.1, 0.15) is 84.0 Å². The van der Waals surface area contributed by atoms with Crippen LogP contribution in [-0.2, 0) is 23.9 Å². The smallest absolute Gasteiger partial charge is 0.349 e. The molecule has 0 aliphatic rings. The molecule has 0 aromatic carbocycles. The lowest BCUT2D eigenvalue weighted by Gasteiger charge is -2.26. The van der Waals surface area contributed by atoms with Gasteiger partial charge in [-0.25, -0.2) is 4.79 Å². The van der Waals surface area contributed by atoms with Crippen molar-refractivity contribution in [1.82, 2.24) is 0 Å². The van der Waals surface area contributed by atoms with Gasteiger partial charge in [0.15, 0.2) is 0 Å². The Balaban J connectivity index is 4.30. The second-order valence-corrected chi connectivity index (χ2v) is 6.49. The summed E-state index contributed by atoms with van der Waals surface area (Å²) in [6, 6.07) is 0. The number of esters is 1. The minimum Gasteiger partial charge on any atom is -0.481 e. The summed E-state index contributed by atoms with van der Waals surface area (Å²) < 4.78 is 4.79. The lowest BCUT2D eigenvalue weighted by molar-refractivity contribution is -0.186. The molecule has 8 nitrogen and oxygen atoms in total. The Morgan fingerprint density at radius 1 is 0.731 bits per heavy atom. The van der Waals surface area contributed by atoms with Crippen LogP contribution < -0.4 is 0 Å². The number of ether oxygens (including phenoxy) is 1. The van der Waals surface area contributed by atoms with Crippen LogP contribution in [0.25, 0.3) is 0 Å². The number of carboxylic acid groups (broad SMARTS) is 3. The highest BCUT2D eigenvalue weighted by Crippen LogP contribution is 2.23. The molecule has 0 radical (unpaired) electrons. The molecule has 0 atom stereocenters. The van der Waals surface area contributed by atoms with Crippen molar-refractivity contribution in [2.24, 2.45) is 0 Å². The maximum atomic E-state index is 11.9. The van der Waals surface area contributed by atoms with Gasteiger partial charge in [0.05, 0.1) is 12.8 Å². The van der Waals surface area contributed by atoms with E-state index in [2.05, 4.69) is 6.92 Å². The number of rotatable bonds is 16. The fraction of sp³-hybridized carbons (Fsp3) is 0.778. The highest BCUT2D eigenvalue weighted by Gasteiger charge is 2.47. The molecule has 0 spiro atoms. The second-order valence-electron chi connectivity index (χ2n) is 6.49. The van der Waals surface area contributed by atoms with Crippen LogP contribution in [0.15, 0.2) is 0 Å². The van der Waals surface area contributed by atoms with Crippen LogP contribution in [0.3, 0.4) is 0 Å². The number of aliphatic carboxylic acids is 3. The zero-order valence-corrected chi connectivity index (χ0v) is 15.4. The third kappa shape index (κ3) is 10.7. The molecule has 0 saturated heterocycles. The highest BCUT2D eigenvalue weighted by molar-refractivity contribution is 5.90. The first-order chi connectivity index (χ1) is 12.2. The largest absolute Gasteiger partial charge is 0.481 e. The summed E-state index contributed by atoms with van der Waals surface area (Å²) in [7, 11) is 0. The SMILES string of the molecule is CCCCCCCCCCCC(=O)OC(CC(=O)O)(CC(=O)O)C(=O)O. The van der Waals surface area contributed by atoms with Gasteiger partial charge < -0.3 is 20.1 Å². The molecule has 3 N–H and O–H groups in total. The van der Waals surface area contributed by atoms with Crippen molar-refractivity contribution < 1.29 is 39.2 Å². The Bertz CT molecular complexity index is 456. The molecule has 0 saturated carbocycles. The predicted molar refractivity (Wildman–Crippen MR) is 92.8 cm³/mol. The Labute approximate surface area is 153 Å². The molecular weight excluding hydrogens is 344 g/mol. The van der Waals surface area contributed by atoms with Gasteiger partial charge in [0.2, 0.25) is 5.60 Å². The van der Waals surface area contributed by atoms with Crippen molar-refractivity contribution in [3.05, 3.63) is 0 Å². The molecule has 0 aromatic heterocycles. The summed E-state index contributed by atoms with van der Waals surface area (Å²) >= 11 is 0. The molecule has 150 valence electrons. The minimum absolute atomic E-state index is 0.0654. The lowest BCUT2D eigenvalue weighted by Crippen LogP contribution is -2.47. The van der Waals surface area contributed by atoms with Gasteiger partial charge in [0, 0.05) is 6.42 Å². The first-order valence-electron chi connectivity index (χ1n) is 9.12. The molecule has 0 rings (SSSR count). The normalized spacial score (nSPS) is 11.1. The van der Waals surface area contributed by atoms with Crippen molar-refractivity contribution in [2.75, 3.05) is 0 Å². The second kappa shape index (κ2) is 13.1. The fourth-order valence-electron chi connectivity index (χ4n) is 2.67. The Hall–Kier alpha value is -2.12. The van der Waals surface area contributed by atoms with E-state index in [1.807, 2.05) is 0 Å².